The van der Waals surface area contributed by atoms with Crippen molar-refractivity contribution < 1.29 is 23.5 Å². The summed E-state index contributed by atoms with van der Waals surface area (Å²) in [6.45, 7) is -0.359. The molecule has 0 unspecified atom stereocenters. The number of hydrogen-bond acceptors (Lipinski definition) is 2. The van der Waals surface area contributed by atoms with E-state index in [1.807, 2.05) is 0 Å². The number of anilines is 1. The first-order valence-electron chi connectivity index (χ1n) is 5.61. The lowest BCUT2D eigenvalue weighted by Crippen LogP contribution is -2.22. The molecular weight excluding hydrogens is 270 g/mol. The molecule has 0 aliphatic rings. The molecule has 1 heterocycles. The maximum absolute atomic E-state index is 13.3. The number of hydrogen-bond donors (Lipinski definition) is 2. The number of nitrogens with one attached hydrogen (secondary N) is 1. The van der Waals surface area contributed by atoms with Gasteiger partial charge in [-0.2, -0.15) is 0 Å². The van der Waals surface area contributed by atoms with Crippen LogP contribution in [0.15, 0.2) is 36.5 Å². The van der Waals surface area contributed by atoms with Gasteiger partial charge in [-0.1, -0.05) is 6.07 Å². The van der Waals surface area contributed by atoms with E-state index in [-0.39, 0.29) is 12.2 Å². The van der Waals surface area contributed by atoms with E-state index < -0.39 is 29.2 Å². The number of amides is 1. The van der Waals surface area contributed by atoms with Crippen LogP contribution in [0.4, 0.5) is 14.5 Å². The van der Waals surface area contributed by atoms with Gasteiger partial charge in [0, 0.05) is 6.20 Å². The molecule has 7 heteroatoms. The number of para-hydroxylation sites is 1. The van der Waals surface area contributed by atoms with Crippen LogP contribution in [-0.2, 0) is 11.3 Å². The van der Waals surface area contributed by atoms with Gasteiger partial charge in [0.15, 0.2) is 0 Å². The number of aromatic nitrogens is 1. The highest BCUT2D eigenvalue weighted by atomic mass is 19.1. The van der Waals surface area contributed by atoms with Gasteiger partial charge in [-0.15, -0.1) is 0 Å². The van der Waals surface area contributed by atoms with Gasteiger partial charge >= 0.3 is 5.97 Å². The Morgan fingerprint density at radius 1 is 1.15 bits per heavy atom. The fourth-order valence-electron chi connectivity index (χ4n) is 1.70. The first kappa shape index (κ1) is 13.7. The minimum Gasteiger partial charge on any atom is -0.477 e. The molecule has 2 rings (SSSR count). The number of halogens is 2. The van der Waals surface area contributed by atoms with Crippen LogP contribution in [0, 0.1) is 11.6 Å². The number of carboxylic acids is 1. The summed E-state index contributed by atoms with van der Waals surface area (Å²) in [4.78, 5) is 22.6. The van der Waals surface area contributed by atoms with Crippen molar-refractivity contribution in [3.8, 4) is 0 Å². The lowest BCUT2D eigenvalue weighted by Gasteiger charge is -2.09. The minimum absolute atomic E-state index is 0.0887. The van der Waals surface area contributed by atoms with Crippen LogP contribution in [0.5, 0.6) is 0 Å². The van der Waals surface area contributed by atoms with Gasteiger partial charge in [-0.25, -0.2) is 13.6 Å². The highest BCUT2D eigenvalue weighted by molar-refractivity contribution is 5.92. The van der Waals surface area contributed by atoms with Gasteiger partial charge in [-0.05, 0) is 24.3 Å². The Bertz CT molecular complexity index is 647. The van der Waals surface area contributed by atoms with Crippen molar-refractivity contribution in [3.05, 3.63) is 53.9 Å². The summed E-state index contributed by atoms with van der Waals surface area (Å²) in [5.74, 6) is -3.72. The van der Waals surface area contributed by atoms with Crippen LogP contribution >= 0.6 is 0 Å². The minimum atomic E-state index is -1.19. The van der Waals surface area contributed by atoms with E-state index in [9.17, 15) is 18.4 Å². The largest absolute Gasteiger partial charge is 0.477 e. The van der Waals surface area contributed by atoms with Gasteiger partial charge in [0.05, 0.1) is 0 Å². The van der Waals surface area contributed by atoms with Crippen LogP contribution < -0.4 is 5.32 Å². The third-order valence-electron chi connectivity index (χ3n) is 2.59. The molecule has 0 bridgehead atoms. The van der Waals surface area contributed by atoms with Crippen molar-refractivity contribution in [3.63, 3.8) is 0 Å². The second-order valence-corrected chi connectivity index (χ2v) is 3.97. The van der Waals surface area contributed by atoms with E-state index in [0.29, 0.717) is 0 Å². The maximum Gasteiger partial charge on any atom is 0.352 e. The van der Waals surface area contributed by atoms with Crippen molar-refractivity contribution >= 4 is 17.6 Å². The van der Waals surface area contributed by atoms with Crippen molar-refractivity contribution in [2.75, 3.05) is 5.32 Å². The standard InChI is InChI=1S/C13H10F2N2O3/c14-8-3-1-4-9(15)12(8)16-11(18)7-17-6-2-5-10(17)13(19)20/h1-6H,7H2,(H,16,18)(H,19,20). The number of benzene rings is 1. The fraction of sp³-hybridized carbons (Fsp3) is 0.0769. The van der Waals surface area contributed by atoms with Gasteiger partial charge in [0.2, 0.25) is 5.91 Å². The molecule has 1 aromatic carbocycles. The van der Waals surface area contributed by atoms with Crippen molar-refractivity contribution in [2.24, 2.45) is 0 Å². The number of carbonyl (C=O) groups is 2. The highest BCUT2D eigenvalue weighted by Gasteiger charge is 2.15. The van der Waals surface area contributed by atoms with Gasteiger partial charge in [0.25, 0.3) is 0 Å². The van der Waals surface area contributed by atoms with E-state index in [1.165, 1.54) is 24.4 Å². The highest BCUT2D eigenvalue weighted by Crippen LogP contribution is 2.18. The number of carbonyl (C=O) groups excluding carboxylic acids is 1. The van der Waals surface area contributed by atoms with Crippen LogP contribution in [0.3, 0.4) is 0 Å². The summed E-state index contributed by atoms with van der Waals surface area (Å²) < 4.78 is 27.8. The zero-order chi connectivity index (χ0) is 14.7. The Morgan fingerprint density at radius 3 is 2.40 bits per heavy atom. The van der Waals surface area contributed by atoms with Crippen LogP contribution in [0.1, 0.15) is 10.5 Å². The molecular formula is C13H10F2N2O3. The zero-order valence-electron chi connectivity index (χ0n) is 10.1. The monoisotopic (exact) mass is 280 g/mol. The predicted octanol–water partition coefficient (Wildman–Crippen LogP) is 2.10. The molecule has 0 atom stereocenters. The average molecular weight is 280 g/mol. The van der Waals surface area contributed by atoms with Crippen molar-refractivity contribution in [1.29, 1.82) is 0 Å². The summed E-state index contributed by atoms with van der Waals surface area (Å²) in [7, 11) is 0. The lowest BCUT2D eigenvalue weighted by atomic mass is 10.3. The second kappa shape index (κ2) is 5.52. The molecule has 1 amide bonds. The molecule has 2 aromatic rings. The second-order valence-electron chi connectivity index (χ2n) is 3.97. The Balaban J connectivity index is 2.14. The van der Waals surface area contributed by atoms with Gasteiger partial charge < -0.3 is 15.0 Å². The van der Waals surface area contributed by atoms with Gasteiger partial charge in [-0.3, -0.25) is 4.79 Å². The molecule has 0 fully saturated rings. The molecule has 0 aliphatic heterocycles. The number of nitrogens with zero attached hydrogens (tertiary/aromatic N) is 1. The SMILES string of the molecule is O=C(Cn1cccc1C(=O)O)Nc1c(F)cccc1F. The summed E-state index contributed by atoms with van der Waals surface area (Å²) >= 11 is 0. The third kappa shape index (κ3) is 2.82. The predicted molar refractivity (Wildman–Crippen MR) is 66.4 cm³/mol. The Kier molecular flexibility index (Phi) is 3.79. The fourth-order valence-corrected chi connectivity index (χ4v) is 1.70. The third-order valence-corrected chi connectivity index (χ3v) is 2.59. The van der Waals surface area contributed by atoms with E-state index in [4.69, 9.17) is 5.11 Å². The maximum atomic E-state index is 13.3. The number of aromatic carboxylic acids is 1. The number of rotatable bonds is 4. The van der Waals surface area contributed by atoms with Crippen molar-refractivity contribution in [2.45, 2.75) is 6.54 Å². The van der Waals surface area contributed by atoms with Crippen LogP contribution in [0.25, 0.3) is 0 Å². The summed E-state index contributed by atoms with van der Waals surface area (Å²) in [5, 5.41) is 11.0. The first-order valence-corrected chi connectivity index (χ1v) is 5.61. The molecule has 0 saturated heterocycles. The molecule has 5 nitrogen and oxygen atoms in total. The molecule has 0 spiro atoms. The summed E-state index contributed by atoms with van der Waals surface area (Å²) in [6, 6.07) is 5.97. The first-order chi connectivity index (χ1) is 9.49. The molecule has 2 N–H and O–H groups in total. The van der Waals surface area contributed by atoms with E-state index in [1.54, 1.807) is 0 Å². The summed E-state index contributed by atoms with van der Waals surface area (Å²) in [5.41, 5.74) is -0.643. The zero-order valence-corrected chi connectivity index (χ0v) is 10.1. The molecule has 20 heavy (non-hydrogen) atoms. The lowest BCUT2D eigenvalue weighted by molar-refractivity contribution is -0.116. The Morgan fingerprint density at radius 2 is 1.80 bits per heavy atom. The molecule has 0 aliphatic carbocycles. The van der Waals surface area contributed by atoms with Gasteiger partial charge in [0.1, 0.15) is 29.6 Å². The molecule has 1 aromatic heterocycles. The Hall–Kier alpha value is -2.70. The van der Waals surface area contributed by atoms with E-state index in [2.05, 4.69) is 5.32 Å². The van der Waals surface area contributed by atoms with Crippen LogP contribution in [-0.4, -0.2) is 21.6 Å². The van der Waals surface area contributed by atoms with Crippen LogP contribution in [0.2, 0.25) is 0 Å². The molecule has 0 saturated carbocycles. The summed E-state index contributed by atoms with van der Waals surface area (Å²) in [6.07, 6.45) is 1.39. The smallest absolute Gasteiger partial charge is 0.352 e. The van der Waals surface area contributed by atoms with E-state index >= 15 is 0 Å². The van der Waals surface area contributed by atoms with E-state index in [0.717, 1.165) is 16.7 Å². The Labute approximate surface area is 112 Å². The van der Waals surface area contributed by atoms with Crippen molar-refractivity contribution in [1.82, 2.24) is 4.57 Å². The molecule has 104 valence electrons. The molecule has 0 radical (unpaired) electrons. The normalized spacial score (nSPS) is 10.3. The average Bonchev–Trinajstić information content (AvgIpc) is 2.82. The topological polar surface area (TPSA) is 71.3 Å². The quantitative estimate of drug-likeness (QED) is 0.901. The number of carboxylic acid groups (broad SMARTS) is 1.